The Morgan fingerprint density at radius 1 is 0.291 bits per heavy atom. The summed E-state index contributed by atoms with van der Waals surface area (Å²) in [6.45, 7) is 14.0. The SMILES string of the molecule is CC(C)CCCCCCCCCCCCCCCC(=O)O[C@H](COC(=O)CCCCCCCCC(C)C)COP(=O)(O)OC[C@H](O)COP(=O)(O)OC[C@@H](COC(=O)CCCCCCCCCCC(C)C)OC(=O)CCCCCCCCCC(C)C. The molecule has 0 amide bonds. The topological polar surface area (TPSA) is 237 Å². The van der Waals surface area contributed by atoms with Gasteiger partial charge in [0.05, 0.1) is 26.4 Å². The molecule has 2 unspecified atom stereocenters. The van der Waals surface area contributed by atoms with Crippen molar-refractivity contribution in [2.75, 3.05) is 39.6 Å². The second-order valence-corrected chi connectivity index (χ2v) is 29.0. The first-order chi connectivity index (χ1) is 41.1. The Bertz CT molecular complexity index is 1710. The highest BCUT2D eigenvalue weighted by atomic mass is 31.2. The molecule has 0 aliphatic carbocycles. The number of ether oxygens (including phenoxy) is 4. The summed E-state index contributed by atoms with van der Waals surface area (Å²) >= 11 is 0. The minimum Gasteiger partial charge on any atom is -0.462 e. The van der Waals surface area contributed by atoms with Crippen LogP contribution in [0.3, 0.4) is 0 Å². The van der Waals surface area contributed by atoms with Crippen molar-refractivity contribution in [3.05, 3.63) is 0 Å². The second kappa shape index (κ2) is 57.0. The van der Waals surface area contributed by atoms with Gasteiger partial charge in [-0.2, -0.15) is 0 Å². The highest BCUT2D eigenvalue weighted by molar-refractivity contribution is 7.47. The predicted molar refractivity (Wildman–Crippen MR) is 344 cm³/mol. The number of carbonyl (C=O) groups excluding carboxylic acids is 4. The quantitative estimate of drug-likeness (QED) is 0.0222. The van der Waals surface area contributed by atoms with Gasteiger partial charge < -0.3 is 33.8 Å². The Morgan fingerprint density at radius 3 is 0.721 bits per heavy atom. The number of unbranched alkanes of at least 4 members (excludes halogenated alkanes) is 30. The molecule has 0 fully saturated rings. The summed E-state index contributed by atoms with van der Waals surface area (Å²) in [5.74, 6) is 0.750. The van der Waals surface area contributed by atoms with Gasteiger partial charge in [0, 0.05) is 25.7 Å². The number of aliphatic hydroxyl groups is 1. The van der Waals surface area contributed by atoms with Gasteiger partial charge in [0.25, 0.3) is 0 Å². The largest absolute Gasteiger partial charge is 0.472 e. The van der Waals surface area contributed by atoms with E-state index in [2.05, 4.69) is 55.4 Å². The van der Waals surface area contributed by atoms with E-state index in [0.29, 0.717) is 37.5 Å². The monoisotopic (exact) mass is 1270 g/mol. The molecular formula is C67H130O17P2. The molecule has 0 saturated heterocycles. The zero-order valence-corrected chi connectivity index (χ0v) is 57.7. The summed E-state index contributed by atoms with van der Waals surface area (Å²) < 4.78 is 68.1. The van der Waals surface area contributed by atoms with Crippen molar-refractivity contribution < 1.29 is 80.2 Å². The van der Waals surface area contributed by atoms with Crippen molar-refractivity contribution >= 4 is 39.5 Å². The molecule has 0 radical (unpaired) electrons. The molecule has 86 heavy (non-hydrogen) atoms. The Hall–Kier alpha value is -1.94. The van der Waals surface area contributed by atoms with Gasteiger partial charge in [-0.3, -0.25) is 37.3 Å². The van der Waals surface area contributed by atoms with Gasteiger partial charge in [-0.1, -0.05) is 274 Å². The Morgan fingerprint density at radius 2 is 0.488 bits per heavy atom. The summed E-state index contributed by atoms with van der Waals surface area (Å²) in [4.78, 5) is 72.3. The van der Waals surface area contributed by atoms with Crippen LogP contribution in [0.25, 0.3) is 0 Å². The van der Waals surface area contributed by atoms with Crippen LogP contribution in [0.1, 0.15) is 325 Å². The minimum atomic E-state index is -4.95. The lowest BCUT2D eigenvalue weighted by molar-refractivity contribution is -0.161. The van der Waals surface area contributed by atoms with Crippen molar-refractivity contribution in [1.82, 2.24) is 0 Å². The molecule has 17 nitrogen and oxygen atoms in total. The molecule has 0 heterocycles. The fourth-order valence-electron chi connectivity index (χ4n) is 9.96. The third-order valence-electron chi connectivity index (χ3n) is 15.3. The van der Waals surface area contributed by atoms with E-state index in [9.17, 15) is 43.2 Å². The molecule has 0 aliphatic heterocycles. The van der Waals surface area contributed by atoms with Gasteiger partial charge >= 0.3 is 39.5 Å². The summed E-state index contributed by atoms with van der Waals surface area (Å²) in [6, 6.07) is 0. The van der Waals surface area contributed by atoms with Gasteiger partial charge in [0.15, 0.2) is 12.2 Å². The number of aliphatic hydroxyl groups excluding tert-OH is 1. The van der Waals surface area contributed by atoms with Crippen molar-refractivity contribution in [1.29, 1.82) is 0 Å². The van der Waals surface area contributed by atoms with Crippen LogP contribution in [-0.4, -0.2) is 96.7 Å². The number of rotatable bonds is 64. The van der Waals surface area contributed by atoms with Crippen molar-refractivity contribution in [2.45, 2.75) is 343 Å². The molecular weight excluding hydrogens is 1140 g/mol. The lowest BCUT2D eigenvalue weighted by Crippen LogP contribution is -2.30. The summed E-state index contributed by atoms with van der Waals surface area (Å²) in [5.41, 5.74) is 0. The fraction of sp³-hybridized carbons (Fsp3) is 0.940. The van der Waals surface area contributed by atoms with Gasteiger partial charge in [-0.15, -0.1) is 0 Å². The molecule has 510 valence electrons. The first kappa shape index (κ1) is 84.1. The normalized spacial score (nSPS) is 14.4. The van der Waals surface area contributed by atoms with Crippen molar-refractivity contribution in [3.63, 3.8) is 0 Å². The van der Waals surface area contributed by atoms with Gasteiger partial charge in [-0.25, -0.2) is 9.13 Å². The Kier molecular flexibility index (Phi) is 55.7. The third-order valence-corrected chi connectivity index (χ3v) is 17.2. The highest BCUT2D eigenvalue weighted by Crippen LogP contribution is 2.45. The molecule has 3 N–H and O–H groups in total. The number of carbonyl (C=O) groups is 4. The number of hydrogen-bond acceptors (Lipinski definition) is 15. The minimum absolute atomic E-state index is 0.102. The molecule has 0 aromatic heterocycles. The van der Waals surface area contributed by atoms with E-state index in [1.807, 2.05) is 0 Å². The maximum absolute atomic E-state index is 13.0. The molecule has 19 heteroatoms. The van der Waals surface area contributed by atoms with Gasteiger partial charge in [0.2, 0.25) is 0 Å². The standard InChI is InChI=1S/C67H130O17P2/c1-57(2)43-35-27-19-14-12-10-9-11-13-15-23-33-41-49-66(71)83-63(54-78-65(70)48-40-32-26-25-30-38-46-60(7)8)56-82-86(75,76)80-52-61(68)51-79-85(73,74)81-55-62(84-67(72)50-42-34-24-18-21-29-37-45-59(5)6)53-77-64(69)47-39-31-22-17-16-20-28-36-44-58(3)4/h57-63,68H,9-56H2,1-8H3,(H,73,74)(H,75,76)/t61-,62-,63-/m1/s1. The molecule has 0 aliphatic rings. The zero-order chi connectivity index (χ0) is 63.9. The van der Waals surface area contributed by atoms with Gasteiger partial charge in [0.1, 0.15) is 19.3 Å². The summed E-state index contributed by atoms with van der Waals surface area (Å²) in [6.07, 6.45) is 37.9. The van der Waals surface area contributed by atoms with Crippen LogP contribution >= 0.6 is 15.6 Å². The highest BCUT2D eigenvalue weighted by Gasteiger charge is 2.30. The van der Waals surface area contributed by atoms with E-state index in [4.69, 9.17) is 37.0 Å². The number of phosphoric ester groups is 2. The fourth-order valence-corrected chi connectivity index (χ4v) is 11.5. The Balaban J connectivity index is 5.22. The Labute approximate surface area is 524 Å². The van der Waals surface area contributed by atoms with E-state index in [1.54, 1.807) is 0 Å². The van der Waals surface area contributed by atoms with Crippen LogP contribution < -0.4 is 0 Å². The van der Waals surface area contributed by atoms with Crippen LogP contribution in [0.2, 0.25) is 0 Å². The van der Waals surface area contributed by atoms with E-state index < -0.39 is 97.5 Å². The maximum Gasteiger partial charge on any atom is 0.472 e. The molecule has 5 atom stereocenters. The smallest absolute Gasteiger partial charge is 0.462 e. The zero-order valence-electron chi connectivity index (χ0n) is 55.9. The number of esters is 4. The molecule has 0 bridgehead atoms. The first-order valence-corrected chi connectivity index (χ1v) is 37.7. The van der Waals surface area contributed by atoms with E-state index in [1.165, 1.54) is 122 Å². The van der Waals surface area contributed by atoms with Gasteiger partial charge in [-0.05, 0) is 49.4 Å². The average molecular weight is 1270 g/mol. The van der Waals surface area contributed by atoms with Crippen molar-refractivity contribution in [3.8, 4) is 0 Å². The lowest BCUT2D eigenvalue weighted by Gasteiger charge is -2.21. The third kappa shape index (κ3) is 60.9. The lowest BCUT2D eigenvalue weighted by atomic mass is 10.0. The van der Waals surface area contributed by atoms with E-state index in [0.717, 1.165) is 108 Å². The average Bonchev–Trinajstić information content (AvgIpc) is 3.52. The predicted octanol–water partition coefficient (Wildman–Crippen LogP) is 18.5. The number of hydrogen-bond donors (Lipinski definition) is 3. The number of phosphoric acid groups is 2. The molecule has 0 saturated carbocycles. The first-order valence-electron chi connectivity index (χ1n) is 34.7. The second-order valence-electron chi connectivity index (χ2n) is 26.1. The molecule has 0 rings (SSSR count). The van der Waals surface area contributed by atoms with E-state index in [-0.39, 0.29) is 25.7 Å². The molecule has 0 aromatic carbocycles. The van der Waals surface area contributed by atoms with Crippen LogP contribution in [0.15, 0.2) is 0 Å². The van der Waals surface area contributed by atoms with Crippen LogP contribution in [0.5, 0.6) is 0 Å². The summed E-state index contributed by atoms with van der Waals surface area (Å²) in [5, 5.41) is 10.6. The van der Waals surface area contributed by atoms with Crippen molar-refractivity contribution in [2.24, 2.45) is 23.7 Å². The van der Waals surface area contributed by atoms with Crippen LogP contribution in [-0.2, 0) is 65.4 Å². The summed E-state index contributed by atoms with van der Waals surface area (Å²) in [7, 11) is -9.89. The molecule has 0 aromatic rings. The van der Waals surface area contributed by atoms with Crippen LogP contribution in [0, 0.1) is 23.7 Å². The maximum atomic E-state index is 13.0. The molecule has 0 spiro atoms. The van der Waals surface area contributed by atoms with E-state index >= 15 is 0 Å². The van der Waals surface area contributed by atoms with Crippen LogP contribution in [0.4, 0.5) is 0 Å².